The molecule has 4 aromatic rings. The van der Waals surface area contributed by atoms with Gasteiger partial charge in [0.2, 0.25) is 5.95 Å². The molecule has 4 rings (SSSR count). The fraction of sp³-hybridized carbons (Fsp3) is 0.150. The van der Waals surface area contributed by atoms with Gasteiger partial charge in [0, 0.05) is 18.4 Å². The molecule has 136 valence electrons. The van der Waals surface area contributed by atoms with Gasteiger partial charge in [-0.05, 0) is 49.7 Å². The van der Waals surface area contributed by atoms with E-state index in [4.69, 9.17) is 0 Å². The number of halogens is 1. The van der Waals surface area contributed by atoms with E-state index in [1.165, 1.54) is 17.7 Å². The number of benzene rings is 2. The molecule has 0 unspecified atom stereocenters. The van der Waals surface area contributed by atoms with Crippen LogP contribution in [0.15, 0.2) is 48.7 Å². The number of hydrogen-bond acceptors (Lipinski definition) is 5. The van der Waals surface area contributed by atoms with Crippen molar-refractivity contribution in [1.82, 2.24) is 19.7 Å². The first-order valence-electron chi connectivity index (χ1n) is 8.56. The Morgan fingerprint density at radius 1 is 0.963 bits per heavy atom. The van der Waals surface area contributed by atoms with E-state index < -0.39 is 0 Å². The average molecular weight is 362 g/mol. The highest BCUT2D eigenvalue weighted by Crippen LogP contribution is 2.27. The summed E-state index contributed by atoms with van der Waals surface area (Å²) in [6.07, 6.45) is 1.74. The lowest BCUT2D eigenvalue weighted by atomic mass is 10.1. The molecule has 27 heavy (non-hydrogen) atoms. The fourth-order valence-electron chi connectivity index (χ4n) is 2.92. The Bertz CT molecular complexity index is 1120. The minimum absolute atomic E-state index is 0.291. The molecule has 0 aliphatic heterocycles. The zero-order valence-corrected chi connectivity index (χ0v) is 15.3. The van der Waals surface area contributed by atoms with Gasteiger partial charge in [-0.1, -0.05) is 17.7 Å². The van der Waals surface area contributed by atoms with Crippen molar-refractivity contribution >= 4 is 34.2 Å². The van der Waals surface area contributed by atoms with E-state index in [1.807, 2.05) is 13.1 Å². The Morgan fingerprint density at radius 2 is 1.74 bits per heavy atom. The molecule has 2 N–H and O–H groups in total. The monoisotopic (exact) mass is 362 g/mol. The van der Waals surface area contributed by atoms with Crippen LogP contribution in [0.25, 0.3) is 11.0 Å². The van der Waals surface area contributed by atoms with E-state index in [2.05, 4.69) is 51.7 Å². The van der Waals surface area contributed by atoms with Crippen molar-refractivity contribution in [3.63, 3.8) is 0 Å². The number of fused-ring (bicyclic) bond motifs is 1. The van der Waals surface area contributed by atoms with Crippen molar-refractivity contribution in [2.75, 3.05) is 10.6 Å². The van der Waals surface area contributed by atoms with Crippen molar-refractivity contribution in [3.05, 3.63) is 65.6 Å². The second-order valence-corrected chi connectivity index (χ2v) is 6.48. The van der Waals surface area contributed by atoms with Crippen molar-refractivity contribution in [1.29, 1.82) is 0 Å². The molecule has 7 heteroatoms. The largest absolute Gasteiger partial charge is 0.339 e. The summed E-state index contributed by atoms with van der Waals surface area (Å²) in [5, 5.41) is 11.6. The lowest BCUT2D eigenvalue weighted by Gasteiger charge is -2.12. The van der Waals surface area contributed by atoms with Crippen LogP contribution in [0.1, 0.15) is 11.1 Å². The molecule has 0 fully saturated rings. The van der Waals surface area contributed by atoms with Crippen LogP contribution in [0.3, 0.4) is 0 Å². The van der Waals surface area contributed by atoms with Gasteiger partial charge in [-0.3, -0.25) is 4.68 Å². The van der Waals surface area contributed by atoms with Gasteiger partial charge in [0.25, 0.3) is 0 Å². The maximum Gasteiger partial charge on any atom is 0.231 e. The van der Waals surface area contributed by atoms with E-state index in [0.717, 1.165) is 16.6 Å². The van der Waals surface area contributed by atoms with E-state index in [0.29, 0.717) is 23.1 Å². The zero-order chi connectivity index (χ0) is 19.0. The molecule has 2 heterocycles. The van der Waals surface area contributed by atoms with Gasteiger partial charge in [0.05, 0.1) is 11.6 Å². The highest BCUT2D eigenvalue weighted by molar-refractivity contribution is 5.90. The standard InChI is InChI=1S/C20H19FN6/c1-12-4-9-17(13(2)10-12)24-18-16-11-22-27(3)19(16)26-20(25-18)23-15-7-5-14(21)6-8-15/h4-11H,1-3H3,(H2,23,24,25,26). The Morgan fingerprint density at radius 3 is 2.48 bits per heavy atom. The second kappa shape index (κ2) is 6.68. The van der Waals surface area contributed by atoms with Gasteiger partial charge in [-0.15, -0.1) is 0 Å². The van der Waals surface area contributed by atoms with Crippen molar-refractivity contribution < 1.29 is 4.39 Å². The number of aromatic nitrogens is 4. The molecule has 0 bridgehead atoms. The lowest BCUT2D eigenvalue weighted by molar-refractivity contribution is 0.628. The molecule has 0 saturated heterocycles. The first-order valence-corrected chi connectivity index (χ1v) is 8.56. The quantitative estimate of drug-likeness (QED) is 0.555. The zero-order valence-electron chi connectivity index (χ0n) is 15.3. The summed E-state index contributed by atoms with van der Waals surface area (Å²) in [7, 11) is 1.83. The molecule has 0 aliphatic carbocycles. The van der Waals surface area contributed by atoms with Crippen molar-refractivity contribution in [2.24, 2.45) is 7.05 Å². The number of nitrogens with one attached hydrogen (secondary N) is 2. The number of hydrogen-bond donors (Lipinski definition) is 2. The predicted molar refractivity (Wildman–Crippen MR) is 105 cm³/mol. The maximum atomic E-state index is 13.1. The summed E-state index contributed by atoms with van der Waals surface area (Å²) in [5.74, 6) is 0.774. The number of aryl methyl sites for hydroxylation is 3. The summed E-state index contributed by atoms with van der Waals surface area (Å²) >= 11 is 0. The van der Waals surface area contributed by atoms with Crippen LogP contribution >= 0.6 is 0 Å². The Labute approximate surface area is 156 Å². The third kappa shape index (κ3) is 3.44. The fourth-order valence-corrected chi connectivity index (χ4v) is 2.92. The molecule has 0 atom stereocenters. The summed E-state index contributed by atoms with van der Waals surface area (Å²) < 4.78 is 14.8. The molecule has 0 spiro atoms. The molecule has 0 radical (unpaired) electrons. The third-order valence-corrected chi connectivity index (χ3v) is 4.33. The second-order valence-electron chi connectivity index (χ2n) is 6.48. The van der Waals surface area contributed by atoms with Gasteiger partial charge >= 0.3 is 0 Å². The van der Waals surface area contributed by atoms with Crippen LogP contribution in [0.2, 0.25) is 0 Å². The van der Waals surface area contributed by atoms with Gasteiger partial charge in [0.15, 0.2) is 5.65 Å². The first-order chi connectivity index (χ1) is 13.0. The summed E-state index contributed by atoms with van der Waals surface area (Å²) in [6.45, 7) is 4.11. The molecule has 0 aliphatic rings. The van der Waals surface area contributed by atoms with Crippen LogP contribution in [-0.2, 0) is 7.05 Å². The third-order valence-electron chi connectivity index (χ3n) is 4.33. The minimum Gasteiger partial charge on any atom is -0.339 e. The van der Waals surface area contributed by atoms with Crippen LogP contribution in [-0.4, -0.2) is 19.7 Å². The molecule has 0 saturated carbocycles. The predicted octanol–water partition coefficient (Wildman–Crippen LogP) is 4.61. The number of nitrogens with zero attached hydrogens (tertiary/aromatic N) is 4. The topological polar surface area (TPSA) is 67.7 Å². The highest BCUT2D eigenvalue weighted by Gasteiger charge is 2.13. The van der Waals surface area contributed by atoms with Crippen molar-refractivity contribution in [2.45, 2.75) is 13.8 Å². The highest BCUT2D eigenvalue weighted by atomic mass is 19.1. The lowest BCUT2D eigenvalue weighted by Crippen LogP contribution is -2.04. The summed E-state index contributed by atoms with van der Waals surface area (Å²) in [5.41, 5.74) is 4.69. The maximum absolute atomic E-state index is 13.1. The SMILES string of the molecule is Cc1ccc(Nc2nc(Nc3ccc(F)cc3)nc3c2cnn3C)c(C)c1. The minimum atomic E-state index is -0.291. The first kappa shape index (κ1) is 17.0. The molecule has 2 aromatic heterocycles. The Balaban J connectivity index is 1.75. The molecular formula is C20H19FN6. The normalized spacial score (nSPS) is 11.0. The molecule has 0 amide bonds. The number of anilines is 4. The van der Waals surface area contributed by atoms with E-state index in [9.17, 15) is 4.39 Å². The number of rotatable bonds is 4. The molecular weight excluding hydrogens is 343 g/mol. The van der Waals surface area contributed by atoms with Gasteiger partial charge < -0.3 is 10.6 Å². The molecule has 2 aromatic carbocycles. The van der Waals surface area contributed by atoms with Crippen molar-refractivity contribution in [3.8, 4) is 0 Å². The summed E-state index contributed by atoms with van der Waals surface area (Å²) in [6, 6.07) is 12.3. The van der Waals surface area contributed by atoms with Crippen LogP contribution in [0, 0.1) is 19.7 Å². The van der Waals surface area contributed by atoms with Crippen LogP contribution in [0.5, 0.6) is 0 Å². The van der Waals surface area contributed by atoms with E-state index in [1.54, 1.807) is 23.0 Å². The van der Waals surface area contributed by atoms with Gasteiger partial charge in [0.1, 0.15) is 11.6 Å². The van der Waals surface area contributed by atoms with E-state index in [-0.39, 0.29) is 5.82 Å². The van der Waals surface area contributed by atoms with Crippen LogP contribution < -0.4 is 10.6 Å². The van der Waals surface area contributed by atoms with E-state index >= 15 is 0 Å². The Hall–Kier alpha value is -3.48. The molecule has 6 nitrogen and oxygen atoms in total. The smallest absolute Gasteiger partial charge is 0.231 e. The van der Waals surface area contributed by atoms with Crippen LogP contribution in [0.4, 0.5) is 27.5 Å². The Kier molecular flexibility index (Phi) is 4.19. The average Bonchev–Trinajstić information content (AvgIpc) is 3.01. The summed E-state index contributed by atoms with van der Waals surface area (Å²) in [4.78, 5) is 9.15. The van der Waals surface area contributed by atoms with Gasteiger partial charge in [-0.25, -0.2) is 4.39 Å². The van der Waals surface area contributed by atoms with Gasteiger partial charge in [-0.2, -0.15) is 15.1 Å².